The summed E-state index contributed by atoms with van der Waals surface area (Å²) in [4.78, 5) is 12.4. The van der Waals surface area contributed by atoms with Crippen LogP contribution in [-0.2, 0) is 5.41 Å². The Morgan fingerprint density at radius 1 is 1.36 bits per heavy atom. The van der Waals surface area contributed by atoms with Crippen LogP contribution in [0, 0.1) is 0 Å². The van der Waals surface area contributed by atoms with E-state index in [1.54, 1.807) is 0 Å². The Morgan fingerprint density at radius 2 is 2.05 bits per heavy atom. The van der Waals surface area contributed by atoms with E-state index in [0.717, 1.165) is 12.2 Å². The summed E-state index contributed by atoms with van der Waals surface area (Å²) in [6.07, 6.45) is -0.0460. The lowest BCUT2D eigenvalue weighted by atomic mass is 9.87. The van der Waals surface area contributed by atoms with Crippen LogP contribution in [0.5, 0.6) is 5.75 Å². The lowest BCUT2D eigenvalue weighted by Gasteiger charge is -2.31. The molecule has 0 aromatic heterocycles. The quantitative estimate of drug-likeness (QED) is 0.898. The smallest absolute Gasteiger partial charge is 0.407 e. The molecule has 122 valence electrons. The number of carboxylic acid groups (broad SMARTS) is 1. The van der Waals surface area contributed by atoms with Crippen LogP contribution in [0.25, 0.3) is 0 Å². The van der Waals surface area contributed by atoms with Crippen molar-refractivity contribution in [2.45, 2.75) is 38.6 Å². The van der Waals surface area contributed by atoms with Gasteiger partial charge in [-0.2, -0.15) is 0 Å². The number of hydrogen-bond acceptors (Lipinski definition) is 3. The van der Waals surface area contributed by atoms with Gasteiger partial charge in [0.2, 0.25) is 0 Å². The Labute approximate surface area is 132 Å². The Balaban J connectivity index is 1.78. The van der Waals surface area contributed by atoms with Crippen molar-refractivity contribution in [2.75, 3.05) is 26.2 Å². The molecule has 1 heterocycles. The first-order valence-electron chi connectivity index (χ1n) is 7.81. The minimum Gasteiger partial charge on any atom is -0.494 e. The summed E-state index contributed by atoms with van der Waals surface area (Å²) in [6.45, 7) is 8.93. The molecule has 2 rings (SSSR count). The average molecular weight is 306 g/mol. The fourth-order valence-electron chi connectivity index (χ4n) is 2.56. The average Bonchev–Trinajstić information content (AvgIpc) is 2.47. The number of benzene rings is 1. The number of hydrogen-bond donors (Lipinski definition) is 2. The number of nitrogens with zero attached hydrogens (tertiary/aromatic N) is 1. The summed E-state index contributed by atoms with van der Waals surface area (Å²) in [5, 5.41) is 12.4. The van der Waals surface area contributed by atoms with Crippen LogP contribution < -0.4 is 10.1 Å². The summed E-state index contributed by atoms with van der Waals surface area (Å²) < 4.78 is 5.77. The molecule has 0 unspecified atom stereocenters. The van der Waals surface area contributed by atoms with E-state index in [2.05, 4.69) is 38.2 Å². The molecule has 0 aliphatic carbocycles. The van der Waals surface area contributed by atoms with Crippen molar-refractivity contribution in [2.24, 2.45) is 0 Å². The first-order chi connectivity index (χ1) is 10.4. The highest BCUT2D eigenvalue weighted by Gasteiger charge is 2.22. The third-order valence-electron chi connectivity index (χ3n) is 3.98. The van der Waals surface area contributed by atoms with Crippen LogP contribution in [-0.4, -0.2) is 48.4 Å². The Bertz CT molecular complexity index is 494. The van der Waals surface area contributed by atoms with E-state index >= 15 is 0 Å². The van der Waals surface area contributed by atoms with Gasteiger partial charge in [0.25, 0.3) is 0 Å². The van der Waals surface area contributed by atoms with Crippen LogP contribution in [0.1, 0.15) is 32.8 Å². The van der Waals surface area contributed by atoms with E-state index < -0.39 is 6.09 Å². The maximum Gasteiger partial charge on any atom is 0.407 e. The van der Waals surface area contributed by atoms with E-state index in [9.17, 15) is 4.79 Å². The van der Waals surface area contributed by atoms with Gasteiger partial charge in [-0.05, 0) is 29.5 Å². The second kappa shape index (κ2) is 7.01. The number of ether oxygens (including phenoxy) is 1. The molecule has 0 spiro atoms. The minimum atomic E-state index is -0.842. The molecule has 0 bridgehead atoms. The summed E-state index contributed by atoms with van der Waals surface area (Å²) in [5.41, 5.74) is 1.43. The van der Waals surface area contributed by atoms with Gasteiger partial charge in [0, 0.05) is 25.7 Å². The lowest BCUT2D eigenvalue weighted by Crippen LogP contribution is -2.52. The van der Waals surface area contributed by atoms with Crippen LogP contribution in [0.15, 0.2) is 24.3 Å². The maximum atomic E-state index is 11.0. The molecule has 1 amide bonds. The third-order valence-corrected chi connectivity index (χ3v) is 3.98. The Hall–Kier alpha value is -1.75. The first-order valence-corrected chi connectivity index (χ1v) is 7.81. The fraction of sp³-hybridized carbons (Fsp3) is 0.588. The normalized spacial score (nSPS) is 19.0. The fourth-order valence-corrected chi connectivity index (χ4v) is 2.56. The maximum absolute atomic E-state index is 11.0. The molecule has 1 aliphatic rings. The summed E-state index contributed by atoms with van der Waals surface area (Å²) in [7, 11) is 0. The van der Waals surface area contributed by atoms with Gasteiger partial charge in [0.15, 0.2) is 0 Å². The number of rotatable bonds is 4. The van der Waals surface area contributed by atoms with Gasteiger partial charge in [-0.1, -0.05) is 32.9 Å². The largest absolute Gasteiger partial charge is 0.494 e. The number of amides is 1. The van der Waals surface area contributed by atoms with E-state index in [-0.39, 0.29) is 11.5 Å². The highest BCUT2D eigenvalue weighted by atomic mass is 16.5. The molecule has 0 saturated carbocycles. The molecular weight excluding hydrogens is 280 g/mol. The van der Waals surface area contributed by atoms with Crippen LogP contribution in [0.2, 0.25) is 0 Å². The summed E-state index contributed by atoms with van der Waals surface area (Å²) in [6, 6.07) is 8.36. The summed E-state index contributed by atoms with van der Waals surface area (Å²) in [5.74, 6) is 0.860. The monoisotopic (exact) mass is 306 g/mol. The van der Waals surface area contributed by atoms with Gasteiger partial charge < -0.3 is 20.1 Å². The predicted molar refractivity (Wildman–Crippen MR) is 86.6 cm³/mol. The van der Waals surface area contributed by atoms with Crippen molar-refractivity contribution in [1.29, 1.82) is 0 Å². The van der Waals surface area contributed by atoms with E-state index in [1.807, 2.05) is 12.1 Å². The summed E-state index contributed by atoms with van der Waals surface area (Å²) >= 11 is 0. The second-order valence-corrected chi connectivity index (χ2v) is 6.79. The standard InChI is InChI=1S/C17H26N2O3/c1-17(2,3)13-4-6-15(7-5-13)22-11-8-14-12-19(16(20)21)10-9-18-14/h4-7,14,18H,8-12H2,1-3H3,(H,20,21)/t14-/m1/s1. The molecule has 1 aromatic carbocycles. The van der Waals surface area contributed by atoms with Crippen molar-refractivity contribution < 1.29 is 14.6 Å². The molecular formula is C17H26N2O3. The van der Waals surface area contributed by atoms with Crippen molar-refractivity contribution in [1.82, 2.24) is 10.2 Å². The number of carbonyl (C=O) groups is 1. The van der Waals surface area contributed by atoms with Gasteiger partial charge in [0.05, 0.1) is 6.61 Å². The predicted octanol–water partition coefficient (Wildman–Crippen LogP) is 2.70. The third kappa shape index (κ3) is 4.63. The van der Waals surface area contributed by atoms with Crippen molar-refractivity contribution >= 4 is 6.09 Å². The molecule has 2 N–H and O–H groups in total. The van der Waals surface area contributed by atoms with Crippen LogP contribution in [0.3, 0.4) is 0 Å². The molecule has 1 aromatic rings. The number of piperazine rings is 1. The highest BCUT2D eigenvalue weighted by molar-refractivity contribution is 5.65. The van der Waals surface area contributed by atoms with Gasteiger partial charge in [0.1, 0.15) is 5.75 Å². The Morgan fingerprint density at radius 3 is 2.64 bits per heavy atom. The zero-order valence-electron chi connectivity index (χ0n) is 13.6. The zero-order valence-corrected chi connectivity index (χ0v) is 13.6. The van der Waals surface area contributed by atoms with Crippen LogP contribution >= 0.6 is 0 Å². The SMILES string of the molecule is CC(C)(C)c1ccc(OCC[C@@H]2CN(C(=O)O)CCN2)cc1. The number of nitrogens with one attached hydrogen (secondary N) is 1. The Kier molecular flexibility index (Phi) is 5.29. The zero-order chi connectivity index (χ0) is 16.2. The molecule has 1 saturated heterocycles. The van der Waals surface area contributed by atoms with Crippen LogP contribution in [0.4, 0.5) is 4.79 Å². The van der Waals surface area contributed by atoms with Crippen molar-refractivity contribution in [3.63, 3.8) is 0 Å². The van der Waals surface area contributed by atoms with Gasteiger partial charge in [-0.3, -0.25) is 0 Å². The van der Waals surface area contributed by atoms with E-state index in [4.69, 9.17) is 9.84 Å². The highest BCUT2D eigenvalue weighted by Crippen LogP contribution is 2.24. The van der Waals surface area contributed by atoms with E-state index in [0.29, 0.717) is 26.2 Å². The van der Waals surface area contributed by atoms with Gasteiger partial charge in [-0.15, -0.1) is 0 Å². The molecule has 0 radical (unpaired) electrons. The lowest BCUT2D eigenvalue weighted by molar-refractivity contribution is 0.124. The molecule has 5 heteroatoms. The molecule has 1 fully saturated rings. The molecule has 5 nitrogen and oxygen atoms in total. The minimum absolute atomic E-state index is 0.144. The second-order valence-electron chi connectivity index (χ2n) is 6.79. The molecule has 22 heavy (non-hydrogen) atoms. The van der Waals surface area contributed by atoms with Gasteiger partial charge >= 0.3 is 6.09 Å². The molecule has 1 atom stereocenters. The molecule has 1 aliphatic heterocycles. The van der Waals surface area contributed by atoms with Crippen molar-refractivity contribution in [3.05, 3.63) is 29.8 Å². The van der Waals surface area contributed by atoms with E-state index in [1.165, 1.54) is 10.5 Å². The van der Waals surface area contributed by atoms with Gasteiger partial charge in [-0.25, -0.2) is 4.79 Å². The first kappa shape index (κ1) is 16.6. The topological polar surface area (TPSA) is 61.8 Å². The van der Waals surface area contributed by atoms with Crippen molar-refractivity contribution in [3.8, 4) is 5.75 Å².